The largest absolute Gasteiger partial charge is 0.353 e. The van der Waals surface area contributed by atoms with Crippen molar-refractivity contribution in [1.29, 1.82) is 0 Å². The molecule has 1 saturated heterocycles. The first-order valence-electron chi connectivity index (χ1n) is 13.6. The van der Waals surface area contributed by atoms with Gasteiger partial charge in [-0.3, -0.25) is 0 Å². The number of allylic oxidation sites excluding steroid dienone is 2. The molecule has 4 nitrogen and oxygen atoms in total. The zero-order chi connectivity index (χ0) is 23.8. The molecule has 0 radical (unpaired) electrons. The SMILES string of the molecule is C/C=C/C(C)C1CCC2C3CC(OC)(OC)C4C[C@@H]5OC(C)(C)OC5C[C@]4(C)C3CC[C@]12C.[HH].[HH]. The summed E-state index contributed by atoms with van der Waals surface area (Å²) in [5, 5.41) is 0. The Morgan fingerprint density at radius 3 is 2.24 bits per heavy atom. The highest BCUT2D eigenvalue weighted by molar-refractivity contribution is 5.15. The number of rotatable bonds is 4. The maximum Gasteiger partial charge on any atom is 0.171 e. The lowest BCUT2D eigenvalue weighted by atomic mass is 9.42. The van der Waals surface area contributed by atoms with E-state index >= 15 is 0 Å². The van der Waals surface area contributed by atoms with E-state index < -0.39 is 11.6 Å². The standard InChI is InChI=1S/C29H48O4.2H2/c1-9-10-18(2)20-11-12-21-19-16-29(30-7,31-8)25-15-23-24(33-26(3,4)32-23)17-28(25,6)22(19)13-14-27(20,21)5;;/h9-10,18-25H,11-17H2,1-8H3;2*1H/b10-9+;;/t18?,19?,20?,21?,22?,23-,24?,25?,27+,28+;;/m0../s1. The van der Waals surface area contributed by atoms with Crippen LogP contribution in [0, 0.1) is 46.3 Å². The molecule has 4 heteroatoms. The van der Waals surface area contributed by atoms with E-state index in [1.54, 1.807) is 0 Å². The van der Waals surface area contributed by atoms with Gasteiger partial charge in [-0.05, 0) is 99.7 Å². The molecule has 4 saturated carbocycles. The average Bonchev–Trinajstić information content (AvgIpc) is 3.26. The van der Waals surface area contributed by atoms with Crippen LogP contribution in [0.25, 0.3) is 0 Å². The third-order valence-electron chi connectivity index (χ3n) is 11.4. The fourth-order valence-electron chi connectivity index (χ4n) is 10.2. The molecule has 33 heavy (non-hydrogen) atoms. The monoisotopic (exact) mass is 464 g/mol. The third kappa shape index (κ3) is 3.44. The molecule has 7 unspecified atom stereocenters. The fourth-order valence-corrected chi connectivity index (χ4v) is 10.2. The Morgan fingerprint density at radius 1 is 0.909 bits per heavy atom. The topological polar surface area (TPSA) is 36.9 Å². The lowest BCUT2D eigenvalue weighted by molar-refractivity contribution is -0.325. The zero-order valence-corrected chi connectivity index (χ0v) is 22.4. The molecular formula is C29H52O4. The van der Waals surface area contributed by atoms with Gasteiger partial charge < -0.3 is 18.9 Å². The molecule has 1 aliphatic heterocycles. The normalized spacial score (nSPS) is 51.0. The van der Waals surface area contributed by atoms with Crippen LogP contribution in [0.4, 0.5) is 0 Å². The Morgan fingerprint density at radius 2 is 1.58 bits per heavy atom. The quantitative estimate of drug-likeness (QED) is 0.329. The Kier molecular flexibility index (Phi) is 5.92. The molecule has 5 aliphatic rings. The Hall–Kier alpha value is -0.420. The van der Waals surface area contributed by atoms with Crippen molar-refractivity contribution in [3.8, 4) is 0 Å². The summed E-state index contributed by atoms with van der Waals surface area (Å²) in [5.74, 6) is 2.88. The molecule has 192 valence electrons. The van der Waals surface area contributed by atoms with Gasteiger partial charge in [-0.2, -0.15) is 0 Å². The van der Waals surface area contributed by atoms with Gasteiger partial charge in [0.2, 0.25) is 0 Å². The number of fused-ring (bicyclic) bond motifs is 6. The molecule has 0 aromatic heterocycles. The second kappa shape index (κ2) is 8.05. The minimum atomic E-state index is -0.526. The van der Waals surface area contributed by atoms with Crippen LogP contribution in [-0.2, 0) is 18.9 Å². The van der Waals surface area contributed by atoms with Crippen LogP contribution in [-0.4, -0.2) is 38.0 Å². The maximum absolute atomic E-state index is 6.45. The molecule has 4 aliphatic carbocycles. The lowest BCUT2D eigenvalue weighted by Crippen LogP contribution is -2.65. The van der Waals surface area contributed by atoms with Gasteiger partial charge in [0.25, 0.3) is 0 Å². The molecule has 5 rings (SSSR count). The summed E-state index contributed by atoms with van der Waals surface area (Å²) in [4.78, 5) is 0. The summed E-state index contributed by atoms with van der Waals surface area (Å²) < 4.78 is 25.6. The van der Waals surface area contributed by atoms with Crippen LogP contribution in [0.3, 0.4) is 0 Å². The van der Waals surface area contributed by atoms with Crippen LogP contribution in [0.1, 0.15) is 89.3 Å². The first-order chi connectivity index (χ1) is 15.5. The van der Waals surface area contributed by atoms with Gasteiger partial charge in [0.05, 0.1) is 12.2 Å². The van der Waals surface area contributed by atoms with Crippen molar-refractivity contribution in [1.82, 2.24) is 0 Å². The van der Waals surface area contributed by atoms with Crippen molar-refractivity contribution in [2.24, 2.45) is 46.3 Å². The Labute approximate surface area is 205 Å². The van der Waals surface area contributed by atoms with Crippen molar-refractivity contribution in [2.75, 3.05) is 14.2 Å². The number of ether oxygens (including phenoxy) is 4. The van der Waals surface area contributed by atoms with Crippen LogP contribution < -0.4 is 0 Å². The van der Waals surface area contributed by atoms with E-state index in [0.717, 1.165) is 31.1 Å². The minimum Gasteiger partial charge on any atom is -0.353 e. The third-order valence-corrected chi connectivity index (χ3v) is 11.4. The second-order valence-electron chi connectivity index (χ2n) is 13.1. The Bertz CT molecular complexity index is 783. The fraction of sp³-hybridized carbons (Fsp3) is 0.931. The van der Waals surface area contributed by atoms with Crippen molar-refractivity contribution in [3.63, 3.8) is 0 Å². The summed E-state index contributed by atoms with van der Waals surface area (Å²) in [6, 6.07) is 0. The highest BCUT2D eigenvalue weighted by atomic mass is 16.8. The van der Waals surface area contributed by atoms with E-state index in [4.69, 9.17) is 18.9 Å². The molecule has 0 spiro atoms. The van der Waals surface area contributed by atoms with Gasteiger partial charge in [0.1, 0.15) is 0 Å². The van der Waals surface area contributed by atoms with E-state index in [1.165, 1.54) is 25.7 Å². The number of hydrogen-bond acceptors (Lipinski definition) is 4. The molecule has 0 aromatic carbocycles. The van der Waals surface area contributed by atoms with Gasteiger partial charge in [-0.1, -0.05) is 32.9 Å². The lowest BCUT2D eigenvalue weighted by Gasteiger charge is -2.65. The van der Waals surface area contributed by atoms with Gasteiger partial charge in [-0.15, -0.1) is 0 Å². The number of hydrogen-bond donors (Lipinski definition) is 0. The predicted octanol–water partition coefficient (Wildman–Crippen LogP) is 7.08. The molecule has 5 fully saturated rings. The maximum atomic E-state index is 6.45. The smallest absolute Gasteiger partial charge is 0.171 e. The first kappa shape index (κ1) is 24.3. The summed E-state index contributed by atoms with van der Waals surface area (Å²) in [6.07, 6.45) is 13.5. The molecule has 10 atom stereocenters. The van der Waals surface area contributed by atoms with E-state index in [9.17, 15) is 0 Å². The molecule has 0 bridgehead atoms. The van der Waals surface area contributed by atoms with Gasteiger partial charge in [0.15, 0.2) is 11.6 Å². The van der Waals surface area contributed by atoms with Gasteiger partial charge in [0, 0.05) is 29.4 Å². The molecule has 0 N–H and O–H groups in total. The summed E-state index contributed by atoms with van der Waals surface area (Å²) in [5.41, 5.74) is 0.566. The highest BCUT2D eigenvalue weighted by Gasteiger charge is 2.69. The number of methoxy groups -OCH3 is 2. The van der Waals surface area contributed by atoms with Crippen LogP contribution >= 0.6 is 0 Å². The van der Waals surface area contributed by atoms with Crippen molar-refractivity contribution < 1.29 is 21.8 Å². The summed E-state index contributed by atoms with van der Waals surface area (Å²) in [6.45, 7) is 13.9. The van der Waals surface area contributed by atoms with Gasteiger partial charge >= 0.3 is 0 Å². The predicted molar refractivity (Wildman–Crippen MR) is 135 cm³/mol. The zero-order valence-electron chi connectivity index (χ0n) is 22.4. The molecule has 0 amide bonds. The first-order valence-corrected chi connectivity index (χ1v) is 13.6. The van der Waals surface area contributed by atoms with Crippen LogP contribution in [0.15, 0.2) is 12.2 Å². The van der Waals surface area contributed by atoms with Crippen LogP contribution in [0.5, 0.6) is 0 Å². The summed E-state index contributed by atoms with van der Waals surface area (Å²) in [7, 11) is 3.75. The molecule has 0 aromatic rings. The van der Waals surface area contributed by atoms with Crippen LogP contribution in [0.2, 0.25) is 0 Å². The highest BCUT2D eigenvalue weighted by Crippen LogP contribution is 2.71. The van der Waals surface area contributed by atoms with E-state index in [2.05, 4.69) is 53.7 Å². The van der Waals surface area contributed by atoms with Crippen molar-refractivity contribution in [2.45, 2.75) is 110 Å². The molecule has 1 heterocycles. The van der Waals surface area contributed by atoms with E-state index in [0.29, 0.717) is 29.1 Å². The van der Waals surface area contributed by atoms with Crippen molar-refractivity contribution >= 4 is 0 Å². The van der Waals surface area contributed by atoms with E-state index in [-0.39, 0.29) is 20.5 Å². The average molecular weight is 465 g/mol. The van der Waals surface area contributed by atoms with Gasteiger partial charge in [-0.25, -0.2) is 0 Å². The van der Waals surface area contributed by atoms with Crippen molar-refractivity contribution in [3.05, 3.63) is 12.2 Å². The minimum absolute atomic E-state index is 0. The second-order valence-corrected chi connectivity index (χ2v) is 13.1. The molecular weight excluding hydrogens is 412 g/mol. The van der Waals surface area contributed by atoms with E-state index in [1.807, 2.05) is 14.2 Å². The summed E-state index contributed by atoms with van der Waals surface area (Å²) >= 11 is 0. The Balaban J connectivity index is 0.00000171.